The number of aliphatic imine (C=N–C) groups is 1. The second kappa shape index (κ2) is 11.3. The average molecular weight is 553 g/mol. The minimum atomic E-state index is -4.30. The quantitative estimate of drug-likeness (QED) is 0.345. The number of hydrogen-bond acceptors (Lipinski definition) is 4. The highest BCUT2D eigenvalue weighted by atomic mass is 127. The van der Waals surface area contributed by atoms with Gasteiger partial charge in [-0.15, -0.1) is 35.3 Å². The SMILES string of the molecule is CN=C(NCCc1ncc(C)s1)N1CCN(Cc2cccc(C(F)(F)F)c2)CC1.I. The molecule has 1 saturated heterocycles. The average Bonchev–Trinajstić information content (AvgIpc) is 3.11. The highest BCUT2D eigenvalue weighted by molar-refractivity contribution is 14.0. The fraction of sp³-hybridized carbons (Fsp3) is 0.500. The van der Waals surface area contributed by atoms with E-state index in [1.54, 1.807) is 24.5 Å². The van der Waals surface area contributed by atoms with E-state index in [-0.39, 0.29) is 24.0 Å². The summed E-state index contributed by atoms with van der Waals surface area (Å²) in [5, 5.41) is 4.49. The molecule has 5 nitrogen and oxygen atoms in total. The molecule has 1 aliphatic rings. The highest BCUT2D eigenvalue weighted by Gasteiger charge is 2.30. The molecule has 1 N–H and O–H groups in total. The zero-order valence-corrected chi connectivity index (χ0v) is 20.2. The van der Waals surface area contributed by atoms with E-state index in [0.29, 0.717) is 12.1 Å². The Morgan fingerprint density at radius 1 is 1.23 bits per heavy atom. The number of nitrogens with zero attached hydrogens (tertiary/aromatic N) is 4. The Hall–Kier alpha value is -1.40. The Balaban J connectivity index is 0.00000320. The van der Waals surface area contributed by atoms with Crippen LogP contribution in [0.15, 0.2) is 35.5 Å². The van der Waals surface area contributed by atoms with Crippen LogP contribution in [0.2, 0.25) is 0 Å². The highest BCUT2D eigenvalue weighted by Crippen LogP contribution is 2.29. The second-order valence-corrected chi connectivity index (χ2v) is 8.37. The first-order valence-corrected chi connectivity index (χ1v) is 10.4. The van der Waals surface area contributed by atoms with E-state index in [2.05, 4.69) is 25.1 Å². The zero-order valence-electron chi connectivity index (χ0n) is 17.1. The summed E-state index contributed by atoms with van der Waals surface area (Å²) in [5.74, 6) is 0.858. The van der Waals surface area contributed by atoms with Gasteiger partial charge in [0, 0.05) is 63.8 Å². The molecule has 30 heavy (non-hydrogen) atoms. The molecule has 3 rings (SSSR count). The van der Waals surface area contributed by atoms with Crippen LogP contribution in [-0.4, -0.2) is 60.5 Å². The van der Waals surface area contributed by atoms with Gasteiger partial charge < -0.3 is 10.2 Å². The number of piperazine rings is 1. The van der Waals surface area contributed by atoms with E-state index in [9.17, 15) is 13.2 Å². The lowest BCUT2D eigenvalue weighted by Gasteiger charge is -2.36. The van der Waals surface area contributed by atoms with Gasteiger partial charge in [-0.3, -0.25) is 9.89 Å². The van der Waals surface area contributed by atoms with Crippen molar-refractivity contribution in [2.24, 2.45) is 4.99 Å². The molecule has 0 bridgehead atoms. The molecule has 0 aliphatic carbocycles. The predicted octanol–water partition coefficient (Wildman–Crippen LogP) is 4.02. The van der Waals surface area contributed by atoms with Crippen molar-refractivity contribution in [3.05, 3.63) is 51.5 Å². The normalized spacial score (nSPS) is 15.8. The first kappa shape index (κ1) is 24.9. The molecule has 10 heteroatoms. The van der Waals surface area contributed by atoms with Crippen molar-refractivity contribution in [1.82, 2.24) is 20.1 Å². The minimum Gasteiger partial charge on any atom is -0.356 e. The van der Waals surface area contributed by atoms with E-state index in [1.165, 1.54) is 17.0 Å². The Kier molecular flexibility index (Phi) is 9.35. The molecule has 2 heterocycles. The summed E-state index contributed by atoms with van der Waals surface area (Å²) in [6.45, 7) is 6.47. The molecule has 0 unspecified atom stereocenters. The minimum absolute atomic E-state index is 0. The number of guanidine groups is 1. The number of aryl methyl sites for hydroxylation is 1. The van der Waals surface area contributed by atoms with Crippen LogP contribution in [-0.2, 0) is 19.1 Å². The van der Waals surface area contributed by atoms with Gasteiger partial charge >= 0.3 is 6.18 Å². The van der Waals surface area contributed by atoms with Crippen LogP contribution in [0.3, 0.4) is 0 Å². The Labute approximate surface area is 196 Å². The van der Waals surface area contributed by atoms with E-state index in [1.807, 2.05) is 13.1 Å². The van der Waals surface area contributed by atoms with Crippen LogP contribution in [0, 0.1) is 6.92 Å². The summed E-state index contributed by atoms with van der Waals surface area (Å²) >= 11 is 1.70. The second-order valence-electron chi connectivity index (χ2n) is 7.05. The molecule has 0 saturated carbocycles. The summed E-state index contributed by atoms with van der Waals surface area (Å²) in [5.41, 5.74) is 0.100. The number of nitrogens with one attached hydrogen (secondary N) is 1. The van der Waals surface area contributed by atoms with Gasteiger partial charge in [0.2, 0.25) is 0 Å². The maximum absolute atomic E-state index is 12.9. The van der Waals surface area contributed by atoms with Gasteiger partial charge in [0.25, 0.3) is 0 Å². The largest absolute Gasteiger partial charge is 0.416 e. The van der Waals surface area contributed by atoms with Gasteiger partial charge in [-0.25, -0.2) is 4.98 Å². The van der Waals surface area contributed by atoms with Crippen molar-refractivity contribution < 1.29 is 13.2 Å². The van der Waals surface area contributed by atoms with Crippen LogP contribution in [0.25, 0.3) is 0 Å². The van der Waals surface area contributed by atoms with Crippen LogP contribution in [0.4, 0.5) is 13.2 Å². The fourth-order valence-corrected chi connectivity index (χ4v) is 4.14. The molecule has 1 fully saturated rings. The van der Waals surface area contributed by atoms with Gasteiger partial charge in [0.15, 0.2) is 5.96 Å². The molecule has 1 aromatic carbocycles. The maximum atomic E-state index is 12.9. The lowest BCUT2D eigenvalue weighted by molar-refractivity contribution is -0.137. The van der Waals surface area contributed by atoms with Gasteiger partial charge in [-0.05, 0) is 18.6 Å². The monoisotopic (exact) mass is 553 g/mol. The van der Waals surface area contributed by atoms with Crippen molar-refractivity contribution in [2.45, 2.75) is 26.1 Å². The topological polar surface area (TPSA) is 43.8 Å². The van der Waals surface area contributed by atoms with Gasteiger partial charge in [0.1, 0.15) is 0 Å². The van der Waals surface area contributed by atoms with Gasteiger partial charge in [-0.1, -0.05) is 18.2 Å². The molecule has 0 radical (unpaired) electrons. The predicted molar refractivity (Wildman–Crippen MR) is 126 cm³/mol. The smallest absolute Gasteiger partial charge is 0.356 e. The molecule has 1 aliphatic heterocycles. The number of aromatic nitrogens is 1. The summed E-state index contributed by atoms with van der Waals surface area (Å²) < 4.78 is 38.7. The van der Waals surface area contributed by atoms with Gasteiger partial charge in [0.05, 0.1) is 10.6 Å². The molecule has 2 aromatic rings. The van der Waals surface area contributed by atoms with E-state index >= 15 is 0 Å². The Bertz CT molecular complexity index is 832. The third kappa shape index (κ3) is 7.09. The third-order valence-corrected chi connectivity index (χ3v) is 5.81. The van der Waals surface area contributed by atoms with Crippen LogP contribution < -0.4 is 5.32 Å². The molecule has 0 spiro atoms. The van der Waals surface area contributed by atoms with E-state index in [0.717, 1.165) is 56.2 Å². The number of hydrogen-bond donors (Lipinski definition) is 1. The van der Waals surface area contributed by atoms with E-state index < -0.39 is 11.7 Å². The van der Waals surface area contributed by atoms with Crippen molar-refractivity contribution in [2.75, 3.05) is 39.8 Å². The molecule has 0 amide bonds. The number of alkyl halides is 3. The number of benzene rings is 1. The Morgan fingerprint density at radius 2 is 1.97 bits per heavy atom. The lowest BCUT2D eigenvalue weighted by Crippen LogP contribution is -2.52. The van der Waals surface area contributed by atoms with Crippen LogP contribution >= 0.6 is 35.3 Å². The molecule has 0 atom stereocenters. The molecule has 166 valence electrons. The summed E-state index contributed by atoms with van der Waals surface area (Å²) in [6, 6.07) is 5.59. The summed E-state index contributed by atoms with van der Waals surface area (Å²) in [7, 11) is 1.77. The standard InChI is InChI=1S/C20H26F3N5S.HI/c1-15-13-26-18(29-15)6-7-25-19(24-2)28-10-8-27(9-11-28)14-16-4-3-5-17(12-16)20(21,22)23;/h3-5,12-13H,6-11,14H2,1-2H3,(H,24,25);1H. The third-order valence-electron chi connectivity index (χ3n) is 4.84. The van der Waals surface area contributed by atoms with Crippen molar-refractivity contribution in [1.29, 1.82) is 0 Å². The fourth-order valence-electron chi connectivity index (χ4n) is 3.35. The van der Waals surface area contributed by atoms with Gasteiger partial charge in [-0.2, -0.15) is 13.2 Å². The maximum Gasteiger partial charge on any atom is 0.416 e. The number of thiazole rings is 1. The summed E-state index contributed by atoms with van der Waals surface area (Å²) in [4.78, 5) is 14.3. The molecular formula is C20H27F3IN5S. The van der Waals surface area contributed by atoms with E-state index in [4.69, 9.17) is 0 Å². The zero-order chi connectivity index (χ0) is 20.9. The number of rotatable bonds is 5. The van der Waals surface area contributed by atoms with Crippen LogP contribution in [0.1, 0.15) is 21.0 Å². The number of halogens is 4. The molecule has 1 aromatic heterocycles. The Morgan fingerprint density at radius 3 is 2.57 bits per heavy atom. The first-order valence-electron chi connectivity index (χ1n) is 9.60. The first-order chi connectivity index (χ1) is 13.8. The van der Waals surface area contributed by atoms with Crippen LogP contribution in [0.5, 0.6) is 0 Å². The lowest BCUT2D eigenvalue weighted by atomic mass is 10.1. The molecular weight excluding hydrogens is 526 g/mol. The van der Waals surface area contributed by atoms with Crippen molar-refractivity contribution >= 4 is 41.3 Å². The van der Waals surface area contributed by atoms with Crippen molar-refractivity contribution in [3.63, 3.8) is 0 Å². The van der Waals surface area contributed by atoms with Crippen molar-refractivity contribution in [3.8, 4) is 0 Å². The summed E-state index contributed by atoms with van der Waals surface area (Å²) in [6.07, 6.45) is -1.56.